The highest BCUT2D eigenvalue weighted by molar-refractivity contribution is 5.65. The van der Waals surface area contributed by atoms with E-state index in [1.54, 1.807) is 44.2 Å². The molecule has 3 rings (SSSR count). The van der Waals surface area contributed by atoms with Crippen LogP contribution in [-0.4, -0.2) is 23.1 Å². The molecule has 0 amide bonds. The van der Waals surface area contributed by atoms with E-state index in [1.165, 1.54) is 0 Å². The third-order valence-corrected chi connectivity index (χ3v) is 4.21. The van der Waals surface area contributed by atoms with E-state index in [1.807, 2.05) is 0 Å². The minimum atomic E-state index is -4.81. The maximum absolute atomic E-state index is 13.4. The van der Waals surface area contributed by atoms with Crippen LogP contribution < -0.4 is 5.56 Å². The summed E-state index contributed by atoms with van der Waals surface area (Å²) in [4.78, 5) is 15.6. The van der Waals surface area contributed by atoms with Crippen LogP contribution in [0.5, 0.6) is 0 Å². The van der Waals surface area contributed by atoms with E-state index in [-0.39, 0.29) is 18.8 Å². The normalized spacial score (nSPS) is 19.0. The zero-order valence-electron chi connectivity index (χ0n) is 14.7. The number of hydrogen-bond acceptors (Lipinski definition) is 3. The third kappa shape index (κ3) is 3.89. The number of aromatic nitrogens is 1. The number of benzene rings is 1. The average molecular weight is 378 g/mol. The maximum Gasteiger partial charge on any atom is 0.407 e. The highest BCUT2D eigenvalue weighted by atomic mass is 19.4. The Morgan fingerprint density at radius 3 is 2.48 bits per heavy atom. The number of rotatable bonds is 3. The number of nitrogens with zero attached hydrogens (tertiary/aromatic N) is 2. The van der Waals surface area contributed by atoms with E-state index >= 15 is 0 Å². The molecular formula is C19H17F3N2O3. The van der Waals surface area contributed by atoms with E-state index in [0.717, 1.165) is 10.6 Å². The zero-order chi connectivity index (χ0) is 19.8. The first-order valence-electron chi connectivity index (χ1n) is 8.22. The minimum absolute atomic E-state index is 0.0207. The number of halogens is 3. The Labute approximate surface area is 153 Å². The second-order valence-electron chi connectivity index (χ2n) is 6.63. The van der Waals surface area contributed by atoms with Crippen molar-refractivity contribution >= 4 is 5.69 Å². The summed E-state index contributed by atoms with van der Waals surface area (Å²) >= 11 is 0. The quantitative estimate of drug-likeness (QED) is 0.751. The van der Waals surface area contributed by atoms with Crippen molar-refractivity contribution in [1.82, 2.24) is 4.57 Å². The molecule has 2 heterocycles. The van der Waals surface area contributed by atoms with E-state index < -0.39 is 34.9 Å². The van der Waals surface area contributed by atoms with Crippen LogP contribution in [0.3, 0.4) is 0 Å². The molecular weight excluding hydrogens is 361 g/mol. The average Bonchev–Trinajstić information content (AvgIpc) is 2.94. The van der Waals surface area contributed by atoms with Crippen LogP contribution in [0.4, 0.5) is 18.9 Å². The first-order chi connectivity index (χ1) is 12.6. The van der Waals surface area contributed by atoms with Crippen molar-refractivity contribution in [3.8, 4) is 11.3 Å². The van der Waals surface area contributed by atoms with Gasteiger partial charge in [0, 0.05) is 5.69 Å². The summed E-state index contributed by atoms with van der Waals surface area (Å²) < 4.78 is 52.6. The second kappa shape index (κ2) is 6.83. The Morgan fingerprint density at radius 2 is 1.96 bits per heavy atom. The molecule has 0 N–H and O–H groups in total. The summed E-state index contributed by atoms with van der Waals surface area (Å²) in [7, 11) is 0. The van der Waals surface area contributed by atoms with Gasteiger partial charge in [-0.05, 0) is 25.5 Å². The lowest BCUT2D eigenvalue weighted by molar-refractivity contribution is -0.139. The lowest BCUT2D eigenvalue weighted by Crippen LogP contribution is -2.31. The Hall–Kier alpha value is -2.63. The van der Waals surface area contributed by atoms with Gasteiger partial charge in [-0.2, -0.15) is 13.2 Å². The van der Waals surface area contributed by atoms with E-state index in [2.05, 4.69) is 4.85 Å². The molecule has 1 unspecified atom stereocenters. The van der Waals surface area contributed by atoms with Gasteiger partial charge in [0.2, 0.25) is 0 Å². The topological polar surface area (TPSA) is 44.8 Å². The number of alkyl halides is 3. The summed E-state index contributed by atoms with van der Waals surface area (Å²) in [6, 6.07) is 9.13. The molecule has 0 bridgehead atoms. The number of ether oxygens (including phenoxy) is 2. The molecule has 1 fully saturated rings. The van der Waals surface area contributed by atoms with E-state index in [0.29, 0.717) is 5.56 Å². The second-order valence-corrected chi connectivity index (χ2v) is 6.63. The molecule has 0 saturated carbocycles. The summed E-state index contributed by atoms with van der Waals surface area (Å²) in [5.74, 6) is -0.838. The monoisotopic (exact) mass is 378 g/mol. The van der Waals surface area contributed by atoms with Crippen LogP contribution in [0, 0.1) is 6.57 Å². The van der Waals surface area contributed by atoms with Gasteiger partial charge in [0.15, 0.2) is 5.79 Å². The van der Waals surface area contributed by atoms with Crippen molar-refractivity contribution in [1.29, 1.82) is 0 Å². The molecule has 1 saturated heterocycles. The molecule has 1 aliphatic heterocycles. The van der Waals surface area contributed by atoms with Crippen LogP contribution in [-0.2, 0) is 22.2 Å². The molecule has 0 aliphatic carbocycles. The lowest BCUT2D eigenvalue weighted by atomic mass is 10.1. The summed E-state index contributed by atoms with van der Waals surface area (Å²) in [5.41, 5.74) is -2.66. The fourth-order valence-corrected chi connectivity index (χ4v) is 3.05. The van der Waals surface area contributed by atoms with Crippen LogP contribution in [0.25, 0.3) is 16.1 Å². The van der Waals surface area contributed by atoms with Gasteiger partial charge in [-0.25, -0.2) is 4.85 Å². The Balaban J connectivity index is 2.19. The molecule has 0 spiro atoms. The number of pyridine rings is 1. The van der Waals surface area contributed by atoms with E-state index in [4.69, 9.17) is 16.0 Å². The molecule has 1 atom stereocenters. The predicted molar refractivity (Wildman–Crippen MR) is 92.3 cm³/mol. The van der Waals surface area contributed by atoms with Gasteiger partial charge in [-0.1, -0.05) is 30.3 Å². The fourth-order valence-electron chi connectivity index (χ4n) is 3.05. The van der Waals surface area contributed by atoms with Gasteiger partial charge in [-0.15, -0.1) is 0 Å². The van der Waals surface area contributed by atoms with Crippen LogP contribution in [0.2, 0.25) is 0 Å². The lowest BCUT2D eigenvalue weighted by Gasteiger charge is -2.21. The van der Waals surface area contributed by atoms with Gasteiger partial charge < -0.3 is 14.0 Å². The summed E-state index contributed by atoms with van der Waals surface area (Å²) in [6.45, 7) is 10.7. The minimum Gasteiger partial charge on any atom is -0.348 e. The third-order valence-electron chi connectivity index (χ3n) is 4.21. The van der Waals surface area contributed by atoms with Crippen LogP contribution in [0.1, 0.15) is 19.4 Å². The fraction of sp³-hybridized carbons (Fsp3) is 0.368. The van der Waals surface area contributed by atoms with Gasteiger partial charge in [0.1, 0.15) is 6.10 Å². The highest BCUT2D eigenvalue weighted by Gasteiger charge is 2.38. The van der Waals surface area contributed by atoms with Gasteiger partial charge in [0.25, 0.3) is 11.2 Å². The van der Waals surface area contributed by atoms with Crippen molar-refractivity contribution in [2.24, 2.45) is 0 Å². The molecule has 0 radical (unpaired) electrons. The number of hydrogen-bond donors (Lipinski definition) is 0. The van der Waals surface area contributed by atoms with Crippen molar-refractivity contribution in [2.75, 3.05) is 6.61 Å². The SMILES string of the molecule is [C-]#[N+]c1c(C(F)(F)F)cc(-c2ccccc2)n(CC2COC(C)(C)O2)c1=O. The molecule has 142 valence electrons. The van der Waals surface area contributed by atoms with Crippen molar-refractivity contribution in [3.05, 3.63) is 63.7 Å². The summed E-state index contributed by atoms with van der Waals surface area (Å²) in [6.07, 6.45) is -5.33. The largest absolute Gasteiger partial charge is 0.407 e. The smallest absolute Gasteiger partial charge is 0.348 e. The predicted octanol–water partition coefficient (Wildman–Crippen LogP) is 4.24. The Bertz CT molecular complexity index is 944. The van der Waals surface area contributed by atoms with Crippen LogP contribution in [0.15, 0.2) is 41.2 Å². The Kier molecular flexibility index (Phi) is 4.84. The molecule has 1 aromatic heterocycles. The van der Waals surface area contributed by atoms with Gasteiger partial charge >= 0.3 is 6.18 Å². The molecule has 8 heteroatoms. The Morgan fingerprint density at radius 1 is 1.30 bits per heavy atom. The molecule has 27 heavy (non-hydrogen) atoms. The van der Waals surface area contributed by atoms with Crippen molar-refractivity contribution in [3.63, 3.8) is 0 Å². The highest BCUT2D eigenvalue weighted by Crippen LogP contribution is 2.37. The molecule has 5 nitrogen and oxygen atoms in total. The first kappa shape index (κ1) is 19.1. The van der Waals surface area contributed by atoms with Gasteiger partial charge in [0.05, 0.1) is 25.3 Å². The van der Waals surface area contributed by atoms with Gasteiger partial charge in [-0.3, -0.25) is 4.79 Å². The maximum atomic E-state index is 13.4. The zero-order valence-corrected chi connectivity index (χ0v) is 14.7. The van der Waals surface area contributed by atoms with Crippen molar-refractivity contribution in [2.45, 2.75) is 38.5 Å². The van der Waals surface area contributed by atoms with Crippen molar-refractivity contribution < 1.29 is 22.6 Å². The first-order valence-corrected chi connectivity index (χ1v) is 8.22. The molecule has 2 aromatic rings. The molecule has 1 aromatic carbocycles. The van der Waals surface area contributed by atoms with Crippen LogP contribution >= 0.6 is 0 Å². The molecule has 1 aliphatic rings. The van der Waals surface area contributed by atoms with E-state index in [9.17, 15) is 18.0 Å². The standard InChI is InChI=1S/C19H17F3N2O3/c1-18(2)26-11-13(27-18)10-24-15(12-7-5-4-6-8-12)9-14(19(20,21)22)16(23-3)17(24)25/h4-9,13H,10-11H2,1-2H3. The summed E-state index contributed by atoms with van der Waals surface area (Å²) in [5, 5.41) is 0.